The first-order chi connectivity index (χ1) is 11.7. The van der Waals surface area contributed by atoms with Gasteiger partial charge < -0.3 is 10.1 Å². The Morgan fingerprint density at radius 3 is 2.92 bits per heavy atom. The Labute approximate surface area is 140 Å². The first-order valence-corrected chi connectivity index (χ1v) is 7.80. The summed E-state index contributed by atoms with van der Waals surface area (Å²) in [5, 5.41) is 7.72. The predicted octanol–water partition coefficient (Wildman–Crippen LogP) is 2.82. The maximum atomic E-state index is 5.06. The van der Waals surface area contributed by atoms with Gasteiger partial charge >= 0.3 is 0 Å². The van der Waals surface area contributed by atoms with Crippen LogP contribution in [-0.2, 0) is 11.3 Å². The molecule has 24 heavy (non-hydrogen) atoms. The Morgan fingerprint density at radius 1 is 1.21 bits per heavy atom. The number of pyridine rings is 1. The van der Waals surface area contributed by atoms with Crippen LogP contribution in [-0.4, -0.2) is 38.4 Å². The van der Waals surface area contributed by atoms with Gasteiger partial charge in [0.05, 0.1) is 0 Å². The maximum absolute atomic E-state index is 5.06. The van der Waals surface area contributed by atoms with Crippen LogP contribution in [0.5, 0.6) is 0 Å². The second-order valence-corrected chi connectivity index (χ2v) is 5.40. The molecule has 0 unspecified atom stereocenters. The first kappa shape index (κ1) is 16.1. The molecule has 124 valence electrons. The molecule has 7 nitrogen and oxygen atoms in total. The topological polar surface area (TPSA) is 77.8 Å². The number of aromatic nitrogens is 5. The molecule has 0 saturated heterocycles. The van der Waals surface area contributed by atoms with E-state index >= 15 is 0 Å². The van der Waals surface area contributed by atoms with E-state index < -0.39 is 0 Å². The van der Waals surface area contributed by atoms with E-state index in [-0.39, 0.29) is 0 Å². The standard InChI is InChI=1S/C17H20N6O/c1-13-11-16(21-17(19-13)14-5-3-7-18-12-14)20-15-6-9-23(22-15)8-4-10-24-2/h3,5-7,9,11-12H,4,8,10H2,1-2H3,(H,19,20,21,22). The van der Waals surface area contributed by atoms with Crippen molar-refractivity contribution in [2.45, 2.75) is 19.9 Å². The number of aryl methyl sites for hydroxylation is 2. The number of ether oxygens (including phenoxy) is 1. The lowest BCUT2D eigenvalue weighted by atomic mass is 10.2. The third-order valence-corrected chi connectivity index (χ3v) is 3.41. The van der Waals surface area contributed by atoms with Crippen LogP contribution in [0.3, 0.4) is 0 Å². The van der Waals surface area contributed by atoms with Crippen molar-refractivity contribution < 1.29 is 4.74 Å². The molecule has 3 heterocycles. The van der Waals surface area contributed by atoms with E-state index in [1.807, 2.05) is 42.1 Å². The number of methoxy groups -OCH3 is 1. The van der Waals surface area contributed by atoms with Gasteiger partial charge in [-0.2, -0.15) is 5.10 Å². The summed E-state index contributed by atoms with van der Waals surface area (Å²) in [6.07, 6.45) is 6.35. The SMILES string of the molecule is COCCCn1ccc(Nc2cc(C)nc(-c3cccnc3)n2)n1. The second-order valence-electron chi connectivity index (χ2n) is 5.40. The first-order valence-electron chi connectivity index (χ1n) is 7.80. The van der Waals surface area contributed by atoms with Crippen molar-refractivity contribution in [3.05, 3.63) is 48.5 Å². The molecule has 0 saturated carbocycles. The molecule has 0 aromatic carbocycles. The molecule has 0 atom stereocenters. The van der Waals surface area contributed by atoms with Crippen LogP contribution in [0.15, 0.2) is 42.9 Å². The molecule has 0 spiro atoms. The minimum atomic E-state index is 0.644. The molecule has 0 bridgehead atoms. The Bertz CT molecular complexity index is 787. The van der Waals surface area contributed by atoms with Gasteiger partial charge in [-0.05, 0) is 25.5 Å². The highest BCUT2D eigenvalue weighted by Gasteiger charge is 2.07. The highest BCUT2D eigenvalue weighted by molar-refractivity contribution is 5.59. The summed E-state index contributed by atoms with van der Waals surface area (Å²) in [5.41, 5.74) is 1.76. The third-order valence-electron chi connectivity index (χ3n) is 3.41. The van der Waals surface area contributed by atoms with Gasteiger partial charge in [-0.1, -0.05) is 0 Å². The molecule has 3 aromatic rings. The normalized spacial score (nSPS) is 10.8. The Kier molecular flexibility index (Phi) is 5.12. The van der Waals surface area contributed by atoms with Crippen molar-refractivity contribution in [2.75, 3.05) is 19.0 Å². The monoisotopic (exact) mass is 324 g/mol. The Morgan fingerprint density at radius 2 is 2.12 bits per heavy atom. The summed E-state index contributed by atoms with van der Waals surface area (Å²) in [4.78, 5) is 13.1. The van der Waals surface area contributed by atoms with Crippen LogP contribution in [0.2, 0.25) is 0 Å². The van der Waals surface area contributed by atoms with Crippen LogP contribution in [0.1, 0.15) is 12.1 Å². The van der Waals surface area contributed by atoms with Crippen molar-refractivity contribution in [1.29, 1.82) is 0 Å². The largest absolute Gasteiger partial charge is 0.385 e. The Hall–Kier alpha value is -2.80. The van der Waals surface area contributed by atoms with E-state index in [2.05, 4.69) is 25.4 Å². The molecule has 1 N–H and O–H groups in total. The van der Waals surface area contributed by atoms with E-state index in [0.29, 0.717) is 11.6 Å². The van der Waals surface area contributed by atoms with Crippen molar-refractivity contribution >= 4 is 11.6 Å². The Balaban J connectivity index is 1.74. The smallest absolute Gasteiger partial charge is 0.163 e. The van der Waals surface area contributed by atoms with Gasteiger partial charge in [0, 0.05) is 62.2 Å². The van der Waals surface area contributed by atoms with Crippen molar-refractivity contribution in [3.8, 4) is 11.4 Å². The molecular weight excluding hydrogens is 304 g/mol. The van der Waals surface area contributed by atoms with Crippen LogP contribution >= 0.6 is 0 Å². The highest BCUT2D eigenvalue weighted by atomic mass is 16.5. The molecule has 3 aromatic heterocycles. The van der Waals surface area contributed by atoms with E-state index in [4.69, 9.17) is 4.74 Å². The van der Waals surface area contributed by atoms with E-state index in [1.54, 1.807) is 19.5 Å². The zero-order valence-corrected chi connectivity index (χ0v) is 13.8. The number of nitrogens with one attached hydrogen (secondary N) is 1. The molecular formula is C17H20N6O. The van der Waals surface area contributed by atoms with Gasteiger partial charge in [-0.3, -0.25) is 9.67 Å². The average Bonchev–Trinajstić information content (AvgIpc) is 3.03. The number of hydrogen-bond donors (Lipinski definition) is 1. The molecule has 0 radical (unpaired) electrons. The fourth-order valence-corrected chi connectivity index (χ4v) is 2.31. The molecule has 3 rings (SSSR count). The summed E-state index contributed by atoms with van der Waals surface area (Å²) in [5.74, 6) is 2.11. The number of rotatable bonds is 7. The van der Waals surface area contributed by atoms with Gasteiger partial charge in [0.15, 0.2) is 11.6 Å². The summed E-state index contributed by atoms with van der Waals surface area (Å²) in [7, 11) is 1.70. The summed E-state index contributed by atoms with van der Waals surface area (Å²) in [6, 6.07) is 7.63. The number of nitrogens with zero attached hydrogens (tertiary/aromatic N) is 5. The lowest BCUT2D eigenvalue weighted by molar-refractivity contribution is 0.189. The fourth-order valence-electron chi connectivity index (χ4n) is 2.31. The summed E-state index contributed by atoms with van der Waals surface area (Å²) < 4.78 is 6.94. The molecule has 0 amide bonds. The van der Waals surface area contributed by atoms with Gasteiger partial charge in [0.25, 0.3) is 0 Å². The number of anilines is 2. The van der Waals surface area contributed by atoms with Gasteiger partial charge in [0.1, 0.15) is 5.82 Å². The van der Waals surface area contributed by atoms with Crippen molar-refractivity contribution in [3.63, 3.8) is 0 Å². The zero-order chi connectivity index (χ0) is 16.8. The van der Waals surface area contributed by atoms with Crippen LogP contribution < -0.4 is 5.32 Å². The maximum Gasteiger partial charge on any atom is 0.163 e. The molecule has 0 fully saturated rings. The lowest BCUT2D eigenvalue weighted by Gasteiger charge is -2.07. The van der Waals surface area contributed by atoms with E-state index in [9.17, 15) is 0 Å². The third kappa shape index (κ3) is 4.14. The van der Waals surface area contributed by atoms with Crippen LogP contribution in [0, 0.1) is 6.92 Å². The minimum Gasteiger partial charge on any atom is -0.385 e. The fraction of sp³-hybridized carbons (Fsp3) is 0.294. The highest BCUT2D eigenvalue weighted by Crippen LogP contribution is 2.19. The molecule has 0 aliphatic heterocycles. The number of hydrogen-bond acceptors (Lipinski definition) is 6. The predicted molar refractivity (Wildman–Crippen MR) is 92.0 cm³/mol. The quantitative estimate of drug-likeness (QED) is 0.673. The van der Waals surface area contributed by atoms with Gasteiger partial charge in [0.2, 0.25) is 0 Å². The minimum absolute atomic E-state index is 0.644. The molecule has 0 aliphatic carbocycles. The lowest BCUT2D eigenvalue weighted by Crippen LogP contribution is -2.03. The second kappa shape index (κ2) is 7.65. The summed E-state index contributed by atoms with van der Waals surface area (Å²) >= 11 is 0. The molecule has 7 heteroatoms. The summed E-state index contributed by atoms with van der Waals surface area (Å²) in [6.45, 7) is 3.48. The van der Waals surface area contributed by atoms with Crippen molar-refractivity contribution in [2.24, 2.45) is 0 Å². The van der Waals surface area contributed by atoms with Gasteiger partial charge in [-0.25, -0.2) is 9.97 Å². The van der Waals surface area contributed by atoms with E-state index in [1.165, 1.54) is 0 Å². The molecule has 0 aliphatic rings. The zero-order valence-electron chi connectivity index (χ0n) is 13.8. The van der Waals surface area contributed by atoms with Crippen molar-refractivity contribution in [1.82, 2.24) is 24.7 Å². The van der Waals surface area contributed by atoms with Crippen LogP contribution in [0.25, 0.3) is 11.4 Å². The van der Waals surface area contributed by atoms with Crippen LogP contribution in [0.4, 0.5) is 11.6 Å². The average molecular weight is 324 g/mol. The van der Waals surface area contributed by atoms with E-state index in [0.717, 1.165) is 36.6 Å². The van der Waals surface area contributed by atoms with Gasteiger partial charge in [-0.15, -0.1) is 0 Å².